The maximum absolute atomic E-state index is 5.42. The Morgan fingerprint density at radius 2 is 1.57 bits per heavy atom. The van der Waals surface area contributed by atoms with E-state index in [4.69, 9.17) is 14.2 Å². The molecule has 0 fully saturated rings. The number of ether oxygens (including phenoxy) is 3. The van der Waals surface area contributed by atoms with Gasteiger partial charge in [-0.1, -0.05) is 30.3 Å². The summed E-state index contributed by atoms with van der Waals surface area (Å²) in [4.78, 5) is 4.28. The molecule has 0 saturated heterocycles. The van der Waals surface area contributed by atoms with Crippen molar-refractivity contribution in [1.29, 1.82) is 0 Å². The normalized spacial score (nSPS) is 11.2. The maximum atomic E-state index is 5.42. The molecule has 0 spiro atoms. The van der Waals surface area contributed by atoms with Crippen molar-refractivity contribution in [3.05, 3.63) is 59.2 Å². The molecular weight excluding hydrogens is 354 g/mol. The van der Waals surface area contributed by atoms with E-state index < -0.39 is 0 Å². The first-order valence-corrected chi connectivity index (χ1v) is 9.51. The Hall–Kier alpha value is -2.73. The number of methoxy groups -OCH3 is 2. The fraction of sp³-hybridized carbons (Fsp3) is 0.409. The van der Waals surface area contributed by atoms with Crippen LogP contribution < -0.4 is 20.1 Å². The molecule has 0 aliphatic rings. The van der Waals surface area contributed by atoms with Crippen molar-refractivity contribution in [1.82, 2.24) is 10.6 Å². The predicted molar refractivity (Wildman–Crippen MR) is 113 cm³/mol. The predicted octanol–water partition coefficient (Wildman–Crippen LogP) is 3.15. The number of hydrogen-bond donors (Lipinski definition) is 2. The van der Waals surface area contributed by atoms with Gasteiger partial charge in [-0.2, -0.15) is 0 Å². The minimum absolute atomic E-state index is 0.656. The summed E-state index contributed by atoms with van der Waals surface area (Å²) in [6.45, 7) is 4.87. The van der Waals surface area contributed by atoms with E-state index in [2.05, 4.69) is 39.9 Å². The molecule has 28 heavy (non-hydrogen) atoms. The van der Waals surface area contributed by atoms with Crippen LogP contribution in [-0.2, 0) is 24.3 Å². The van der Waals surface area contributed by atoms with Gasteiger partial charge in [0, 0.05) is 26.7 Å². The zero-order valence-electron chi connectivity index (χ0n) is 17.2. The molecule has 2 aromatic rings. The third kappa shape index (κ3) is 6.78. The largest absolute Gasteiger partial charge is 0.493 e. The second kappa shape index (κ2) is 11.9. The number of aliphatic imine (C=N–C) groups is 1. The molecule has 2 N–H and O–H groups in total. The van der Waals surface area contributed by atoms with Crippen LogP contribution >= 0.6 is 0 Å². The van der Waals surface area contributed by atoms with Crippen LogP contribution in [0.2, 0.25) is 0 Å². The first-order valence-electron chi connectivity index (χ1n) is 9.51. The fourth-order valence-corrected chi connectivity index (χ4v) is 2.74. The van der Waals surface area contributed by atoms with Gasteiger partial charge in [-0.25, -0.2) is 0 Å². The summed E-state index contributed by atoms with van der Waals surface area (Å²) in [7, 11) is 5.06. The average Bonchev–Trinajstić information content (AvgIpc) is 2.75. The fourth-order valence-electron chi connectivity index (χ4n) is 2.74. The van der Waals surface area contributed by atoms with E-state index in [1.165, 1.54) is 16.7 Å². The molecule has 0 aromatic heterocycles. The van der Waals surface area contributed by atoms with E-state index in [1.54, 1.807) is 21.3 Å². The zero-order valence-corrected chi connectivity index (χ0v) is 17.2. The maximum Gasteiger partial charge on any atom is 0.191 e. The van der Waals surface area contributed by atoms with Gasteiger partial charge in [0.2, 0.25) is 0 Å². The van der Waals surface area contributed by atoms with Gasteiger partial charge in [0.1, 0.15) is 0 Å². The summed E-state index contributed by atoms with van der Waals surface area (Å²) in [5.74, 6) is 2.26. The Kier molecular flexibility index (Phi) is 9.15. The Morgan fingerprint density at radius 3 is 2.21 bits per heavy atom. The number of hydrogen-bond acceptors (Lipinski definition) is 4. The minimum atomic E-state index is 0.656. The summed E-state index contributed by atoms with van der Waals surface area (Å²) in [6.07, 6.45) is 0.854. The zero-order chi connectivity index (χ0) is 20.2. The molecule has 2 aromatic carbocycles. The Morgan fingerprint density at radius 1 is 0.893 bits per heavy atom. The second-order valence-corrected chi connectivity index (χ2v) is 6.25. The van der Waals surface area contributed by atoms with Crippen LogP contribution in [-0.4, -0.2) is 40.4 Å². The molecule has 0 heterocycles. The molecule has 0 amide bonds. The van der Waals surface area contributed by atoms with Gasteiger partial charge in [-0.3, -0.25) is 4.99 Å². The van der Waals surface area contributed by atoms with Crippen molar-refractivity contribution >= 4 is 5.96 Å². The highest BCUT2D eigenvalue weighted by Gasteiger charge is 2.05. The number of benzene rings is 2. The van der Waals surface area contributed by atoms with Gasteiger partial charge in [0.25, 0.3) is 0 Å². The molecule has 0 saturated carbocycles. The van der Waals surface area contributed by atoms with Crippen LogP contribution in [0.5, 0.6) is 11.5 Å². The summed E-state index contributed by atoms with van der Waals surface area (Å²) < 4.78 is 16.1. The molecule has 0 aliphatic carbocycles. The lowest BCUT2D eigenvalue weighted by Gasteiger charge is -2.13. The second-order valence-electron chi connectivity index (χ2n) is 6.25. The van der Waals surface area contributed by atoms with Crippen molar-refractivity contribution in [2.45, 2.75) is 26.5 Å². The summed E-state index contributed by atoms with van der Waals surface area (Å²) in [5.41, 5.74) is 3.55. The van der Waals surface area contributed by atoms with Gasteiger partial charge in [0.05, 0.1) is 20.8 Å². The first kappa shape index (κ1) is 21.6. The minimum Gasteiger partial charge on any atom is -0.493 e. The highest BCUT2D eigenvalue weighted by molar-refractivity contribution is 5.79. The average molecular weight is 386 g/mol. The third-order valence-corrected chi connectivity index (χ3v) is 4.33. The molecule has 6 heteroatoms. The van der Waals surface area contributed by atoms with E-state index >= 15 is 0 Å². The molecule has 0 aliphatic heterocycles. The third-order valence-electron chi connectivity index (χ3n) is 4.33. The highest BCUT2D eigenvalue weighted by Crippen LogP contribution is 2.27. The molecule has 0 bridgehead atoms. The van der Waals surface area contributed by atoms with E-state index in [-0.39, 0.29) is 0 Å². The molecule has 0 radical (unpaired) electrons. The number of nitrogens with zero attached hydrogens (tertiary/aromatic N) is 1. The van der Waals surface area contributed by atoms with Gasteiger partial charge >= 0.3 is 0 Å². The monoisotopic (exact) mass is 385 g/mol. The Labute approximate surface area is 167 Å². The summed E-state index contributed by atoms with van der Waals surface area (Å²) in [5, 5.41) is 6.68. The standard InChI is InChI=1S/C22H31N3O3/c1-5-28-16-19-8-6-18(7-9-19)15-25-22(23-2)24-13-12-17-10-11-20(26-3)21(14-17)27-4/h6-11,14H,5,12-13,15-16H2,1-4H3,(H2,23,24,25). The Bertz CT molecular complexity index is 745. The quantitative estimate of drug-likeness (QED) is 0.486. The lowest BCUT2D eigenvalue weighted by Crippen LogP contribution is -2.37. The van der Waals surface area contributed by atoms with E-state index in [0.29, 0.717) is 13.2 Å². The summed E-state index contributed by atoms with van der Waals surface area (Å²) in [6, 6.07) is 14.4. The van der Waals surface area contributed by atoms with Gasteiger partial charge in [-0.05, 0) is 42.2 Å². The molecule has 152 valence electrons. The van der Waals surface area contributed by atoms with E-state index in [9.17, 15) is 0 Å². The lowest BCUT2D eigenvalue weighted by molar-refractivity contribution is 0.134. The van der Waals surface area contributed by atoms with Gasteiger partial charge < -0.3 is 24.8 Å². The van der Waals surface area contributed by atoms with Crippen molar-refractivity contribution in [3.8, 4) is 11.5 Å². The first-order chi connectivity index (χ1) is 13.7. The smallest absolute Gasteiger partial charge is 0.191 e. The van der Waals surface area contributed by atoms with Gasteiger partial charge in [0.15, 0.2) is 17.5 Å². The van der Waals surface area contributed by atoms with Crippen LogP contribution in [0.15, 0.2) is 47.5 Å². The van der Waals surface area contributed by atoms with Crippen molar-refractivity contribution in [3.63, 3.8) is 0 Å². The van der Waals surface area contributed by atoms with E-state index in [1.807, 2.05) is 25.1 Å². The lowest BCUT2D eigenvalue weighted by atomic mass is 10.1. The molecule has 0 atom stereocenters. The van der Waals surface area contributed by atoms with Crippen molar-refractivity contribution in [2.24, 2.45) is 4.99 Å². The van der Waals surface area contributed by atoms with Crippen LogP contribution in [0.3, 0.4) is 0 Å². The number of guanidine groups is 1. The number of nitrogens with one attached hydrogen (secondary N) is 2. The van der Waals surface area contributed by atoms with Crippen LogP contribution in [0.25, 0.3) is 0 Å². The topological polar surface area (TPSA) is 64.1 Å². The van der Waals surface area contributed by atoms with Crippen molar-refractivity contribution < 1.29 is 14.2 Å². The van der Waals surface area contributed by atoms with Gasteiger partial charge in [-0.15, -0.1) is 0 Å². The molecular formula is C22H31N3O3. The molecule has 6 nitrogen and oxygen atoms in total. The molecule has 2 rings (SSSR count). The Balaban J connectivity index is 1.78. The van der Waals surface area contributed by atoms with Crippen LogP contribution in [0.1, 0.15) is 23.6 Å². The van der Waals surface area contributed by atoms with E-state index in [0.717, 1.165) is 37.0 Å². The number of rotatable bonds is 10. The summed E-state index contributed by atoms with van der Waals surface area (Å²) >= 11 is 0. The SMILES string of the molecule is CCOCc1ccc(CNC(=NC)NCCc2ccc(OC)c(OC)c2)cc1. The highest BCUT2D eigenvalue weighted by atomic mass is 16.5. The van der Waals surface area contributed by atoms with Crippen LogP contribution in [0, 0.1) is 0 Å². The van der Waals surface area contributed by atoms with Crippen molar-refractivity contribution in [2.75, 3.05) is 34.4 Å². The van der Waals surface area contributed by atoms with Crippen LogP contribution in [0.4, 0.5) is 0 Å². The molecule has 0 unspecified atom stereocenters.